The van der Waals surface area contributed by atoms with E-state index in [1.54, 1.807) is 13.0 Å². The van der Waals surface area contributed by atoms with Crippen LogP contribution in [-0.4, -0.2) is 32.9 Å². The summed E-state index contributed by atoms with van der Waals surface area (Å²) in [5.41, 5.74) is 6.10. The van der Waals surface area contributed by atoms with Crippen LogP contribution in [-0.2, 0) is 14.3 Å². The molecule has 0 amide bonds. The number of ether oxygens (including phenoxy) is 3. The fourth-order valence-corrected chi connectivity index (χ4v) is 1.50. The molecule has 0 aliphatic heterocycles. The van der Waals surface area contributed by atoms with Gasteiger partial charge in [0.05, 0.1) is 26.4 Å². The third-order valence-corrected chi connectivity index (χ3v) is 2.43. The molecule has 1 aromatic carbocycles. The second-order valence-electron chi connectivity index (χ2n) is 3.81. The predicted molar refractivity (Wildman–Crippen MR) is 67.3 cm³/mol. The number of methoxy groups -OCH3 is 1. The molecule has 0 aliphatic rings. The number of hydrogen-bond acceptors (Lipinski definition) is 5. The average Bonchev–Trinajstić information content (AvgIpc) is 2.38. The van der Waals surface area contributed by atoms with Crippen LogP contribution >= 0.6 is 0 Å². The summed E-state index contributed by atoms with van der Waals surface area (Å²) in [4.78, 5) is 11.0. The Morgan fingerprint density at radius 3 is 2.79 bits per heavy atom. The van der Waals surface area contributed by atoms with E-state index in [0.29, 0.717) is 17.9 Å². The molecule has 1 rings (SSSR count). The predicted octanol–water partition coefficient (Wildman–Crippen LogP) is 1.41. The zero-order valence-corrected chi connectivity index (χ0v) is 11.0. The molecular formula is C13H18FNO4. The number of halogens is 1. The van der Waals surface area contributed by atoms with Gasteiger partial charge in [-0.2, -0.15) is 0 Å². The van der Waals surface area contributed by atoms with E-state index >= 15 is 0 Å². The van der Waals surface area contributed by atoms with Crippen LogP contribution in [0.3, 0.4) is 0 Å². The Kier molecular flexibility index (Phi) is 6.24. The summed E-state index contributed by atoms with van der Waals surface area (Å²) in [7, 11) is 1.46. The van der Waals surface area contributed by atoms with Gasteiger partial charge in [-0.05, 0) is 13.0 Å². The van der Waals surface area contributed by atoms with Crippen LogP contribution in [0.15, 0.2) is 18.2 Å². The summed E-state index contributed by atoms with van der Waals surface area (Å²) in [6, 6.07) is 3.75. The third kappa shape index (κ3) is 4.84. The summed E-state index contributed by atoms with van der Waals surface area (Å²) in [5, 5.41) is 0. The number of carbonyl (C=O) groups excluding carboxylic acids is 1. The van der Waals surface area contributed by atoms with Crippen molar-refractivity contribution in [3.8, 4) is 5.75 Å². The minimum absolute atomic E-state index is 0.0298. The van der Waals surface area contributed by atoms with Gasteiger partial charge in [0.25, 0.3) is 0 Å². The van der Waals surface area contributed by atoms with Crippen LogP contribution < -0.4 is 10.5 Å². The number of benzene rings is 1. The first kappa shape index (κ1) is 15.4. The Morgan fingerprint density at radius 2 is 2.21 bits per heavy atom. The second-order valence-corrected chi connectivity index (χ2v) is 3.81. The molecule has 0 radical (unpaired) electrons. The lowest BCUT2D eigenvalue weighted by atomic mass is 10.1. The van der Waals surface area contributed by atoms with E-state index < -0.39 is 17.8 Å². The Hall–Kier alpha value is -1.66. The van der Waals surface area contributed by atoms with Crippen LogP contribution in [0, 0.1) is 5.82 Å². The van der Waals surface area contributed by atoms with Crippen molar-refractivity contribution in [2.24, 2.45) is 5.73 Å². The van der Waals surface area contributed by atoms with Crippen molar-refractivity contribution >= 4 is 5.97 Å². The fraction of sp³-hybridized carbons (Fsp3) is 0.462. The smallest absolute Gasteiger partial charge is 0.332 e. The van der Waals surface area contributed by atoms with Crippen LogP contribution in [0.1, 0.15) is 18.5 Å². The van der Waals surface area contributed by atoms with E-state index in [-0.39, 0.29) is 13.2 Å². The van der Waals surface area contributed by atoms with Crippen molar-refractivity contribution in [2.75, 3.05) is 26.9 Å². The molecule has 0 heterocycles. The van der Waals surface area contributed by atoms with Gasteiger partial charge in [-0.15, -0.1) is 0 Å². The number of esters is 1. The number of rotatable bonds is 7. The molecule has 0 fully saturated rings. The summed E-state index contributed by atoms with van der Waals surface area (Å²) in [6.07, 6.45) is 0. The van der Waals surface area contributed by atoms with Gasteiger partial charge in [-0.25, -0.2) is 9.18 Å². The average molecular weight is 271 g/mol. The molecule has 1 unspecified atom stereocenters. The van der Waals surface area contributed by atoms with Crippen molar-refractivity contribution in [1.82, 2.24) is 0 Å². The molecule has 0 aromatic heterocycles. The van der Waals surface area contributed by atoms with Gasteiger partial charge in [0.2, 0.25) is 0 Å². The molecule has 0 bridgehead atoms. The maximum atomic E-state index is 13.7. The quantitative estimate of drug-likeness (QED) is 0.759. The van der Waals surface area contributed by atoms with Crippen molar-refractivity contribution in [1.29, 1.82) is 0 Å². The van der Waals surface area contributed by atoms with Crippen LogP contribution in [0.25, 0.3) is 0 Å². The SMILES string of the molecule is CCOC(=O)COCC(N)c1ccc(OC)cc1F. The van der Waals surface area contributed by atoms with Gasteiger partial charge in [-0.3, -0.25) is 0 Å². The molecule has 0 saturated heterocycles. The number of hydrogen-bond donors (Lipinski definition) is 1. The van der Waals surface area contributed by atoms with Crippen molar-refractivity contribution < 1.29 is 23.4 Å². The van der Waals surface area contributed by atoms with Gasteiger partial charge in [0, 0.05) is 11.6 Å². The minimum Gasteiger partial charge on any atom is -0.497 e. The molecule has 2 N–H and O–H groups in total. The highest BCUT2D eigenvalue weighted by Gasteiger charge is 2.13. The Balaban J connectivity index is 2.49. The standard InChI is InChI=1S/C13H18FNO4/c1-3-19-13(16)8-18-7-12(15)10-5-4-9(17-2)6-11(10)14/h4-6,12H,3,7-8,15H2,1-2H3. The first-order chi connectivity index (χ1) is 9.08. The van der Waals surface area contributed by atoms with Crippen molar-refractivity contribution in [3.63, 3.8) is 0 Å². The van der Waals surface area contributed by atoms with E-state index in [2.05, 4.69) is 4.74 Å². The molecule has 0 saturated carbocycles. The highest BCUT2D eigenvalue weighted by molar-refractivity contribution is 5.70. The Labute approximate surface area is 111 Å². The number of nitrogens with two attached hydrogens (primary N) is 1. The molecular weight excluding hydrogens is 253 g/mol. The van der Waals surface area contributed by atoms with Crippen LogP contribution in [0.2, 0.25) is 0 Å². The minimum atomic E-state index is -0.652. The van der Waals surface area contributed by atoms with Crippen LogP contribution in [0.4, 0.5) is 4.39 Å². The van der Waals surface area contributed by atoms with E-state index in [0.717, 1.165) is 0 Å². The molecule has 1 aromatic rings. The van der Waals surface area contributed by atoms with Crippen molar-refractivity contribution in [2.45, 2.75) is 13.0 Å². The van der Waals surface area contributed by atoms with Gasteiger partial charge in [0.1, 0.15) is 18.2 Å². The van der Waals surface area contributed by atoms with Gasteiger partial charge in [0.15, 0.2) is 0 Å². The zero-order chi connectivity index (χ0) is 14.3. The highest BCUT2D eigenvalue weighted by Crippen LogP contribution is 2.20. The van der Waals surface area contributed by atoms with Crippen molar-refractivity contribution in [3.05, 3.63) is 29.6 Å². The molecule has 1 atom stereocenters. The van der Waals surface area contributed by atoms with E-state index in [9.17, 15) is 9.18 Å². The molecule has 5 nitrogen and oxygen atoms in total. The maximum absolute atomic E-state index is 13.7. The Bertz CT molecular complexity index is 425. The van der Waals surface area contributed by atoms with E-state index in [4.69, 9.17) is 15.2 Å². The Morgan fingerprint density at radius 1 is 1.47 bits per heavy atom. The first-order valence-electron chi connectivity index (χ1n) is 5.90. The lowest BCUT2D eigenvalue weighted by molar-refractivity contribution is -0.148. The summed E-state index contributed by atoms with van der Waals surface area (Å²) < 4.78 is 28.3. The zero-order valence-electron chi connectivity index (χ0n) is 11.0. The second kappa shape index (κ2) is 7.70. The summed E-state index contributed by atoms with van der Waals surface area (Å²) in [6.45, 7) is 1.83. The normalized spacial score (nSPS) is 12.0. The summed E-state index contributed by atoms with van der Waals surface area (Å²) >= 11 is 0. The largest absolute Gasteiger partial charge is 0.497 e. The number of carbonyl (C=O) groups is 1. The topological polar surface area (TPSA) is 70.8 Å². The third-order valence-electron chi connectivity index (χ3n) is 2.43. The van der Waals surface area contributed by atoms with E-state index in [1.807, 2.05) is 0 Å². The maximum Gasteiger partial charge on any atom is 0.332 e. The highest BCUT2D eigenvalue weighted by atomic mass is 19.1. The first-order valence-corrected chi connectivity index (χ1v) is 5.90. The molecule has 19 heavy (non-hydrogen) atoms. The van der Waals surface area contributed by atoms with Crippen LogP contribution in [0.5, 0.6) is 5.75 Å². The van der Waals surface area contributed by atoms with Gasteiger partial charge in [-0.1, -0.05) is 6.07 Å². The monoisotopic (exact) mass is 271 g/mol. The van der Waals surface area contributed by atoms with Gasteiger partial charge < -0.3 is 19.9 Å². The molecule has 106 valence electrons. The molecule has 0 spiro atoms. The molecule has 0 aliphatic carbocycles. The lowest BCUT2D eigenvalue weighted by Crippen LogP contribution is -2.21. The van der Waals surface area contributed by atoms with Gasteiger partial charge >= 0.3 is 5.97 Å². The lowest BCUT2D eigenvalue weighted by Gasteiger charge is -2.13. The van der Waals surface area contributed by atoms with E-state index in [1.165, 1.54) is 19.2 Å². The molecule has 6 heteroatoms. The fourth-order valence-electron chi connectivity index (χ4n) is 1.50. The summed E-state index contributed by atoms with van der Waals surface area (Å²) in [5.74, 6) is -0.516.